The van der Waals surface area contributed by atoms with E-state index in [2.05, 4.69) is 5.10 Å². The highest BCUT2D eigenvalue weighted by Gasteiger charge is 2.04. The monoisotopic (exact) mass is 156 g/mol. The molecular weight excluding hydrogens is 148 g/mol. The lowest BCUT2D eigenvalue weighted by Crippen LogP contribution is -2.31. The molecular formula is C5H8N4O2. The number of hydrogen-bond donors (Lipinski definition) is 3. The molecule has 1 aromatic rings. The first-order valence-corrected chi connectivity index (χ1v) is 2.88. The second-order valence-electron chi connectivity index (χ2n) is 2.13. The zero-order chi connectivity index (χ0) is 8.59. The van der Waals surface area contributed by atoms with Crippen LogP contribution in [0.25, 0.3) is 0 Å². The lowest BCUT2D eigenvalue weighted by Gasteiger charge is -2.00. The molecule has 0 aliphatic heterocycles. The lowest BCUT2D eigenvalue weighted by atomic mass is 10.4. The maximum absolute atomic E-state index is 10.9. The fourth-order valence-corrected chi connectivity index (χ4v) is 0.682. The number of nitrogens with one attached hydrogen (secondary N) is 1. The molecule has 0 fully saturated rings. The Balaban J connectivity index is 3.73. The summed E-state index contributed by atoms with van der Waals surface area (Å²) in [7, 11) is 1.39. The van der Waals surface area contributed by atoms with Crippen LogP contribution in [0.5, 0.6) is 0 Å². The maximum atomic E-state index is 10.9. The number of aryl methyl sites for hydroxylation is 1. The number of nitrogens with zero attached hydrogens (tertiary/aromatic N) is 1. The van der Waals surface area contributed by atoms with Crippen LogP contribution in [-0.2, 0) is 7.05 Å². The van der Waals surface area contributed by atoms with E-state index in [4.69, 9.17) is 11.5 Å². The second kappa shape index (κ2) is 2.15. The molecule has 11 heavy (non-hydrogen) atoms. The number of hydrogen-bond acceptors (Lipinski definition) is 4. The van der Waals surface area contributed by atoms with Gasteiger partial charge in [0.2, 0.25) is 0 Å². The molecule has 1 aromatic heterocycles. The summed E-state index contributed by atoms with van der Waals surface area (Å²) in [6, 6.07) is 0. The number of aromatic nitrogens is 2. The average molecular weight is 156 g/mol. The van der Waals surface area contributed by atoms with Crippen molar-refractivity contribution < 1.29 is 0 Å². The zero-order valence-corrected chi connectivity index (χ0v) is 5.92. The molecule has 0 spiro atoms. The van der Waals surface area contributed by atoms with Gasteiger partial charge in [0.15, 0.2) is 0 Å². The minimum absolute atomic E-state index is 0.212. The summed E-state index contributed by atoms with van der Waals surface area (Å²) in [6.07, 6.45) is 0. The first kappa shape index (κ1) is 7.39. The predicted molar refractivity (Wildman–Crippen MR) is 41.1 cm³/mol. The highest BCUT2D eigenvalue weighted by atomic mass is 16.2. The molecule has 1 heterocycles. The van der Waals surface area contributed by atoms with Gasteiger partial charge in [0.1, 0.15) is 11.4 Å². The second-order valence-corrected chi connectivity index (χ2v) is 2.13. The van der Waals surface area contributed by atoms with Gasteiger partial charge in [-0.3, -0.25) is 19.4 Å². The van der Waals surface area contributed by atoms with Gasteiger partial charge in [-0.2, -0.15) is 0 Å². The van der Waals surface area contributed by atoms with Gasteiger partial charge in [0.05, 0.1) is 0 Å². The number of rotatable bonds is 0. The van der Waals surface area contributed by atoms with Crippen molar-refractivity contribution in [1.29, 1.82) is 0 Å². The molecule has 6 heteroatoms. The molecule has 5 N–H and O–H groups in total. The number of aromatic amines is 1. The summed E-state index contributed by atoms with van der Waals surface area (Å²) < 4.78 is 0.980. The van der Waals surface area contributed by atoms with Crippen LogP contribution >= 0.6 is 0 Å². The Morgan fingerprint density at radius 1 is 1.27 bits per heavy atom. The normalized spacial score (nSPS) is 9.91. The molecule has 6 nitrogen and oxygen atoms in total. The summed E-state index contributed by atoms with van der Waals surface area (Å²) in [6.45, 7) is 0. The van der Waals surface area contributed by atoms with Crippen LogP contribution in [0.4, 0.5) is 11.4 Å². The van der Waals surface area contributed by atoms with E-state index in [9.17, 15) is 9.59 Å². The molecule has 0 aliphatic carbocycles. The zero-order valence-electron chi connectivity index (χ0n) is 5.92. The van der Waals surface area contributed by atoms with Gasteiger partial charge in [-0.25, -0.2) is 0 Å². The van der Waals surface area contributed by atoms with Crippen LogP contribution in [0.15, 0.2) is 9.59 Å². The van der Waals surface area contributed by atoms with E-state index < -0.39 is 11.1 Å². The van der Waals surface area contributed by atoms with Gasteiger partial charge in [-0.1, -0.05) is 0 Å². The molecule has 0 unspecified atom stereocenters. The SMILES string of the molecule is Cn1[nH]c(=O)c(N)c(N)c1=O. The van der Waals surface area contributed by atoms with Crippen molar-refractivity contribution in [3.05, 3.63) is 20.7 Å². The van der Waals surface area contributed by atoms with Crippen molar-refractivity contribution in [3.8, 4) is 0 Å². The lowest BCUT2D eigenvalue weighted by molar-refractivity contribution is 0.697. The Labute approximate surface area is 61.4 Å². The minimum atomic E-state index is -0.551. The van der Waals surface area contributed by atoms with Crippen molar-refractivity contribution in [2.45, 2.75) is 0 Å². The fraction of sp³-hybridized carbons (Fsp3) is 0.200. The molecule has 0 radical (unpaired) electrons. The van der Waals surface area contributed by atoms with E-state index in [0.29, 0.717) is 0 Å². The molecule has 0 bridgehead atoms. The number of H-pyrrole nitrogens is 1. The van der Waals surface area contributed by atoms with Crippen LogP contribution in [0.3, 0.4) is 0 Å². The van der Waals surface area contributed by atoms with E-state index in [1.807, 2.05) is 0 Å². The first-order chi connectivity index (χ1) is 5.04. The third-order valence-electron chi connectivity index (χ3n) is 1.34. The van der Waals surface area contributed by atoms with Gasteiger partial charge in [0.25, 0.3) is 11.1 Å². The molecule has 0 saturated carbocycles. The molecule has 0 aliphatic rings. The van der Waals surface area contributed by atoms with Crippen LogP contribution < -0.4 is 22.6 Å². The van der Waals surface area contributed by atoms with E-state index in [1.165, 1.54) is 7.05 Å². The van der Waals surface area contributed by atoms with Gasteiger partial charge in [-0.05, 0) is 0 Å². The third kappa shape index (κ3) is 0.977. The topological polar surface area (TPSA) is 107 Å². The molecule has 0 amide bonds. The number of anilines is 2. The molecule has 0 aromatic carbocycles. The van der Waals surface area contributed by atoms with Gasteiger partial charge in [-0.15, -0.1) is 0 Å². The Bertz CT molecular complexity index is 388. The largest absolute Gasteiger partial charge is 0.392 e. The molecule has 0 atom stereocenters. The Morgan fingerprint density at radius 2 is 1.82 bits per heavy atom. The van der Waals surface area contributed by atoms with E-state index in [0.717, 1.165) is 4.68 Å². The van der Waals surface area contributed by atoms with Crippen molar-refractivity contribution >= 4 is 11.4 Å². The molecule has 60 valence electrons. The predicted octanol–water partition coefficient (Wildman–Crippen LogP) is -1.76. The Kier molecular flexibility index (Phi) is 1.45. The van der Waals surface area contributed by atoms with Crippen molar-refractivity contribution in [1.82, 2.24) is 9.78 Å². The van der Waals surface area contributed by atoms with Crippen LogP contribution in [-0.4, -0.2) is 9.78 Å². The summed E-state index contributed by atoms with van der Waals surface area (Å²) in [4.78, 5) is 21.7. The highest BCUT2D eigenvalue weighted by Crippen LogP contribution is 1.96. The van der Waals surface area contributed by atoms with E-state index in [1.54, 1.807) is 0 Å². The van der Waals surface area contributed by atoms with Gasteiger partial charge < -0.3 is 11.5 Å². The molecule has 0 saturated heterocycles. The van der Waals surface area contributed by atoms with Crippen LogP contribution in [0.1, 0.15) is 0 Å². The Morgan fingerprint density at radius 3 is 2.36 bits per heavy atom. The maximum Gasteiger partial charge on any atom is 0.290 e. The van der Waals surface area contributed by atoms with E-state index in [-0.39, 0.29) is 11.4 Å². The number of nitrogens with two attached hydrogens (primary N) is 2. The van der Waals surface area contributed by atoms with Crippen molar-refractivity contribution in [2.24, 2.45) is 7.05 Å². The summed E-state index contributed by atoms with van der Waals surface area (Å²) >= 11 is 0. The minimum Gasteiger partial charge on any atom is -0.392 e. The average Bonchev–Trinajstić information content (AvgIpc) is 1.97. The van der Waals surface area contributed by atoms with E-state index >= 15 is 0 Å². The quantitative estimate of drug-likeness (QED) is 0.413. The van der Waals surface area contributed by atoms with Crippen LogP contribution in [0.2, 0.25) is 0 Å². The van der Waals surface area contributed by atoms with Crippen molar-refractivity contribution in [3.63, 3.8) is 0 Å². The fourth-order valence-electron chi connectivity index (χ4n) is 0.682. The smallest absolute Gasteiger partial charge is 0.290 e. The standard InChI is InChI=1S/C5H8N4O2/c1-9-5(11)3(7)2(6)4(10)8-9/h6-7H2,1H3,(H,8,10). The number of nitrogen functional groups attached to an aromatic ring is 2. The molecule has 1 rings (SSSR count). The van der Waals surface area contributed by atoms with Crippen LogP contribution in [0, 0.1) is 0 Å². The van der Waals surface area contributed by atoms with Crippen molar-refractivity contribution in [2.75, 3.05) is 11.5 Å². The highest BCUT2D eigenvalue weighted by molar-refractivity contribution is 5.59. The van der Waals surface area contributed by atoms with Gasteiger partial charge in [0, 0.05) is 7.05 Å². The summed E-state index contributed by atoms with van der Waals surface area (Å²) in [5.41, 5.74) is 8.88. The Hall–Kier alpha value is -1.72. The summed E-state index contributed by atoms with van der Waals surface area (Å²) in [5.74, 6) is 0. The first-order valence-electron chi connectivity index (χ1n) is 2.88. The third-order valence-corrected chi connectivity index (χ3v) is 1.34. The summed E-state index contributed by atoms with van der Waals surface area (Å²) in [5, 5.41) is 2.19. The van der Waals surface area contributed by atoms with Gasteiger partial charge >= 0.3 is 0 Å².